The average molecular weight is 237 g/mol. The van der Waals surface area contributed by atoms with Crippen molar-refractivity contribution in [2.45, 2.75) is 19.1 Å². The van der Waals surface area contributed by atoms with Crippen LogP contribution in [0.15, 0.2) is 24.3 Å². The molecule has 2 rings (SSSR count). The number of amides is 1. The molecule has 0 aromatic heterocycles. The number of nitrogens with one attached hydrogen (secondary N) is 1. The number of hydrogen-bond acceptors (Lipinski definition) is 4. The molecule has 5 nitrogen and oxygen atoms in total. The Morgan fingerprint density at radius 1 is 1.59 bits per heavy atom. The number of hydrogen-bond donors (Lipinski definition) is 2. The molecular formula is C12H15NO4. The number of cyclic esters (lactones) is 1. The number of aliphatic hydroxyl groups is 1. The van der Waals surface area contributed by atoms with E-state index in [4.69, 9.17) is 9.47 Å². The molecule has 2 N–H and O–H groups in total. The highest BCUT2D eigenvalue weighted by Gasteiger charge is 2.23. The summed E-state index contributed by atoms with van der Waals surface area (Å²) in [5.41, 5.74) is 0.727. The van der Waals surface area contributed by atoms with Crippen molar-refractivity contribution in [2.75, 3.05) is 13.2 Å². The minimum Gasteiger partial charge on any atom is -0.489 e. The van der Waals surface area contributed by atoms with E-state index in [1.165, 1.54) is 0 Å². The molecule has 1 heterocycles. The standard InChI is InChI=1S/C12H15NO4/c1-8(14)10-4-2-3-5-11(10)16-7-9-6-13-12(15)17-9/h2-5,8-9,14H,6-7H2,1H3,(H,13,15). The summed E-state index contributed by atoms with van der Waals surface area (Å²) in [6.07, 6.45) is -1.28. The van der Waals surface area contributed by atoms with E-state index < -0.39 is 12.2 Å². The van der Waals surface area contributed by atoms with Gasteiger partial charge >= 0.3 is 6.09 Å². The maximum atomic E-state index is 10.8. The highest BCUT2D eigenvalue weighted by Crippen LogP contribution is 2.24. The van der Waals surface area contributed by atoms with Crippen LogP contribution in [0.1, 0.15) is 18.6 Å². The zero-order valence-electron chi connectivity index (χ0n) is 9.55. The third-order valence-electron chi connectivity index (χ3n) is 2.54. The lowest BCUT2D eigenvalue weighted by Crippen LogP contribution is -2.22. The minimum absolute atomic E-state index is 0.274. The van der Waals surface area contributed by atoms with E-state index in [2.05, 4.69) is 5.32 Å². The number of carbonyl (C=O) groups is 1. The first-order valence-corrected chi connectivity index (χ1v) is 5.51. The first-order chi connectivity index (χ1) is 8.16. The Balaban J connectivity index is 1.96. The molecule has 0 bridgehead atoms. The van der Waals surface area contributed by atoms with Crippen molar-refractivity contribution in [3.63, 3.8) is 0 Å². The molecule has 2 unspecified atom stereocenters. The van der Waals surface area contributed by atoms with Gasteiger partial charge in [-0.1, -0.05) is 18.2 Å². The second kappa shape index (κ2) is 5.05. The number of carbonyl (C=O) groups excluding carboxylic acids is 1. The lowest BCUT2D eigenvalue weighted by atomic mass is 10.1. The summed E-state index contributed by atoms with van der Waals surface area (Å²) in [6.45, 7) is 2.41. The largest absolute Gasteiger partial charge is 0.489 e. The van der Waals surface area contributed by atoms with E-state index in [0.717, 1.165) is 5.56 Å². The van der Waals surface area contributed by atoms with Crippen LogP contribution in [0.4, 0.5) is 4.79 Å². The normalized spacial score (nSPS) is 20.6. The first kappa shape index (κ1) is 11.7. The van der Waals surface area contributed by atoms with Gasteiger partial charge < -0.3 is 19.9 Å². The highest BCUT2D eigenvalue weighted by atomic mass is 16.6. The summed E-state index contributed by atoms with van der Waals surface area (Å²) in [7, 11) is 0. The summed E-state index contributed by atoms with van der Waals surface area (Å²) < 4.78 is 10.5. The van der Waals surface area contributed by atoms with Crippen LogP contribution >= 0.6 is 0 Å². The Labute approximate surface area is 99.3 Å². The van der Waals surface area contributed by atoms with Crippen molar-refractivity contribution in [3.05, 3.63) is 29.8 Å². The molecule has 1 aliphatic rings. The van der Waals surface area contributed by atoms with E-state index in [-0.39, 0.29) is 12.7 Å². The Bertz CT molecular complexity index is 405. The number of rotatable bonds is 4. The fourth-order valence-corrected chi connectivity index (χ4v) is 1.66. The van der Waals surface area contributed by atoms with Crippen LogP contribution in [0.25, 0.3) is 0 Å². The van der Waals surface area contributed by atoms with Crippen LogP contribution in [-0.4, -0.2) is 30.5 Å². The second-order valence-electron chi connectivity index (χ2n) is 3.93. The molecule has 0 aliphatic carbocycles. The van der Waals surface area contributed by atoms with Crippen LogP contribution in [0, 0.1) is 0 Å². The van der Waals surface area contributed by atoms with E-state index in [1.54, 1.807) is 19.1 Å². The van der Waals surface area contributed by atoms with Crippen molar-refractivity contribution in [1.82, 2.24) is 5.32 Å². The molecule has 5 heteroatoms. The molecule has 0 spiro atoms. The second-order valence-corrected chi connectivity index (χ2v) is 3.93. The summed E-state index contributed by atoms with van der Waals surface area (Å²) in [6, 6.07) is 7.26. The smallest absolute Gasteiger partial charge is 0.407 e. The van der Waals surface area contributed by atoms with Crippen molar-refractivity contribution < 1.29 is 19.4 Å². The summed E-state index contributed by atoms with van der Waals surface area (Å²) >= 11 is 0. The van der Waals surface area contributed by atoms with Gasteiger partial charge in [-0.3, -0.25) is 0 Å². The molecule has 1 amide bonds. The van der Waals surface area contributed by atoms with Gasteiger partial charge in [0.05, 0.1) is 12.6 Å². The van der Waals surface area contributed by atoms with Gasteiger partial charge in [0.15, 0.2) is 6.10 Å². The van der Waals surface area contributed by atoms with Crippen LogP contribution in [-0.2, 0) is 4.74 Å². The fourth-order valence-electron chi connectivity index (χ4n) is 1.66. The summed E-state index contributed by atoms with van der Waals surface area (Å²) in [5.74, 6) is 0.616. The van der Waals surface area contributed by atoms with Crippen LogP contribution in [0.5, 0.6) is 5.75 Å². The number of aliphatic hydroxyl groups excluding tert-OH is 1. The topological polar surface area (TPSA) is 67.8 Å². The van der Waals surface area contributed by atoms with Crippen LogP contribution in [0.2, 0.25) is 0 Å². The van der Waals surface area contributed by atoms with Crippen molar-refractivity contribution in [2.24, 2.45) is 0 Å². The lowest BCUT2D eigenvalue weighted by Gasteiger charge is -2.15. The van der Waals surface area contributed by atoms with E-state index in [1.807, 2.05) is 12.1 Å². The molecule has 1 aromatic carbocycles. The molecule has 17 heavy (non-hydrogen) atoms. The van der Waals surface area contributed by atoms with Gasteiger partial charge in [-0.25, -0.2) is 4.79 Å². The molecule has 1 aromatic rings. The predicted molar refractivity (Wildman–Crippen MR) is 60.8 cm³/mol. The zero-order valence-corrected chi connectivity index (χ0v) is 9.55. The molecular weight excluding hydrogens is 222 g/mol. The fraction of sp³-hybridized carbons (Fsp3) is 0.417. The van der Waals surface area contributed by atoms with Gasteiger partial charge in [0.25, 0.3) is 0 Å². The van der Waals surface area contributed by atoms with Gasteiger partial charge in [0.2, 0.25) is 0 Å². The molecule has 0 saturated carbocycles. The van der Waals surface area contributed by atoms with Gasteiger partial charge in [-0.05, 0) is 13.0 Å². The van der Waals surface area contributed by atoms with E-state index in [0.29, 0.717) is 12.3 Å². The molecule has 1 saturated heterocycles. The molecule has 2 atom stereocenters. The molecule has 1 aliphatic heterocycles. The Morgan fingerprint density at radius 3 is 3.00 bits per heavy atom. The zero-order chi connectivity index (χ0) is 12.3. The van der Waals surface area contributed by atoms with Gasteiger partial charge in [0, 0.05) is 5.56 Å². The Kier molecular flexibility index (Phi) is 3.49. The van der Waals surface area contributed by atoms with Crippen molar-refractivity contribution >= 4 is 6.09 Å². The van der Waals surface area contributed by atoms with Crippen LogP contribution < -0.4 is 10.1 Å². The summed E-state index contributed by atoms with van der Waals surface area (Å²) in [5, 5.41) is 12.1. The Morgan fingerprint density at radius 2 is 2.35 bits per heavy atom. The number of benzene rings is 1. The monoisotopic (exact) mass is 237 g/mol. The number of ether oxygens (including phenoxy) is 2. The van der Waals surface area contributed by atoms with E-state index >= 15 is 0 Å². The lowest BCUT2D eigenvalue weighted by molar-refractivity contribution is 0.102. The molecule has 92 valence electrons. The van der Waals surface area contributed by atoms with E-state index in [9.17, 15) is 9.90 Å². The third-order valence-corrected chi connectivity index (χ3v) is 2.54. The maximum Gasteiger partial charge on any atom is 0.407 e. The SMILES string of the molecule is CC(O)c1ccccc1OCC1CNC(=O)O1. The highest BCUT2D eigenvalue weighted by molar-refractivity contribution is 5.69. The van der Waals surface area contributed by atoms with Gasteiger partial charge in [0.1, 0.15) is 12.4 Å². The van der Waals surface area contributed by atoms with Gasteiger partial charge in [-0.15, -0.1) is 0 Å². The van der Waals surface area contributed by atoms with Crippen molar-refractivity contribution in [3.8, 4) is 5.75 Å². The Hall–Kier alpha value is -1.75. The van der Waals surface area contributed by atoms with Gasteiger partial charge in [-0.2, -0.15) is 0 Å². The molecule has 0 radical (unpaired) electrons. The first-order valence-electron chi connectivity index (χ1n) is 5.51. The molecule has 1 fully saturated rings. The minimum atomic E-state index is -0.588. The number of para-hydroxylation sites is 1. The maximum absolute atomic E-state index is 10.8. The predicted octanol–water partition coefficient (Wildman–Crippen LogP) is 1.23. The third kappa shape index (κ3) is 2.88. The quantitative estimate of drug-likeness (QED) is 0.826. The number of alkyl carbamates (subject to hydrolysis) is 1. The van der Waals surface area contributed by atoms with Crippen LogP contribution in [0.3, 0.4) is 0 Å². The average Bonchev–Trinajstić information content (AvgIpc) is 2.73. The summed E-state index contributed by atoms with van der Waals surface area (Å²) in [4.78, 5) is 10.8. The van der Waals surface area contributed by atoms with Crippen molar-refractivity contribution in [1.29, 1.82) is 0 Å².